The molecule has 2 unspecified atom stereocenters. The third kappa shape index (κ3) is 4.41. The van der Waals surface area contributed by atoms with Crippen molar-refractivity contribution in [1.82, 2.24) is 4.90 Å². The van der Waals surface area contributed by atoms with Crippen molar-refractivity contribution in [3.8, 4) is 0 Å². The molecule has 6 heteroatoms. The number of anilines is 2. The SMILES string of the molecule is Cc1ccc(NC(=O)c2cccc(NC3c4ccccc4C(=O)N3CC3CCCO3)c2)cc1C. The summed E-state index contributed by atoms with van der Waals surface area (Å²) in [6, 6.07) is 21.0. The number of ether oxygens (including phenoxy) is 1. The second kappa shape index (κ2) is 9.31. The van der Waals surface area contributed by atoms with Crippen molar-refractivity contribution in [3.05, 3.63) is 94.5 Å². The van der Waals surface area contributed by atoms with Crippen LogP contribution < -0.4 is 10.6 Å². The summed E-state index contributed by atoms with van der Waals surface area (Å²) in [6.07, 6.45) is 1.72. The van der Waals surface area contributed by atoms with Crippen LogP contribution in [0.15, 0.2) is 66.7 Å². The van der Waals surface area contributed by atoms with E-state index in [1.165, 1.54) is 5.56 Å². The highest BCUT2D eigenvalue weighted by Crippen LogP contribution is 2.35. The van der Waals surface area contributed by atoms with Gasteiger partial charge in [-0.05, 0) is 74.2 Å². The van der Waals surface area contributed by atoms with Crippen LogP contribution in [0.1, 0.15) is 56.4 Å². The number of carbonyl (C=O) groups excluding carboxylic acids is 2. The smallest absolute Gasteiger partial charge is 0.256 e. The second-order valence-electron chi connectivity index (χ2n) is 9.06. The monoisotopic (exact) mass is 455 g/mol. The highest BCUT2D eigenvalue weighted by molar-refractivity contribution is 6.05. The van der Waals surface area contributed by atoms with Gasteiger partial charge >= 0.3 is 0 Å². The molecular formula is C28H29N3O3. The number of aryl methyl sites for hydroxylation is 2. The molecule has 2 N–H and O–H groups in total. The van der Waals surface area contributed by atoms with Crippen LogP contribution in [0.5, 0.6) is 0 Å². The van der Waals surface area contributed by atoms with Crippen molar-refractivity contribution in [2.24, 2.45) is 0 Å². The maximum atomic E-state index is 13.2. The van der Waals surface area contributed by atoms with Crippen LogP contribution in [-0.4, -0.2) is 36.0 Å². The number of nitrogens with zero attached hydrogens (tertiary/aromatic N) is 1. The molecule has 3 aromatic rings. The predicted octanol–water partition coefficient (Wildman–Crippen LogP) is 5.30. The summed E-state index contributed by atoms with van der Waals surface area (Å²) < 4.78 is 5.81. The number of hydrogen-bond acceptors (Lipinski definition) is 4. The summed E-state index contributed by atoms with van der Waals surface area (Å²) in [5, 5.41) is 6.48. The first-order valence-electron chi connectivity index (χ1n) is 11.8. The van der Waals surface area contributed by atoms with Gasteiger partial charge < -0.3 is 20.3 Å². The van der Waals surface area contributed by atoms with Crippen LogP contribution in [0.25, 0.3) is 0 Å². The molecule has 1 saturated heterocycles. The standard InChI is InChI=1S/C28H29N3O3/c1-18-12-13-22(15-19(18)2)30-27(32)20-7-5-8-21(16-20)29-26-24-10-3-4-11-25(24)28(33)31(26)17-23-9-6-14-34-23/h3-5,7-8,10-13,15-16,23,26,29H,6,9,14,17H2,1-2H3,(H,30,32). The Balaban J connectivity index is 1.37. The summed E-state index contributed by atoms with van der Waals surface area (Å²) in [6.45, 7) is 5.36. The Morgan fingerprint density at radius 2 is 1.85 bits per heavy atom. The molecule has 0 spiro atoms. The van der Waals surface area contributed by atoms with E-state index >= 15 is 0 Å². The minimum Gasteiger partial charge on any atom is -0.376 e. The molecule has 3 aromatic carbocycles. The minimum absolute atomic E-state index is 0.00670. The van der Waals surface area contributed by atoms with Crippen LogP contribution in [0.2, 0.25) is 0 Å². The van der Waals surface area contributed by atoms with Gasteiger partial charge in [-0.1, -0.05) is 30.3 Å². The van der Waals surface area contributed by atoms with Gasteiger partial charge in [0.1, 0.15) is 6.17 Å². The molecule has 1 fully saturated rings. The number of amides is 2. The molecule has 174 valence electrons. The van der Waals surface area contributed by atoms with Crippen LogP contribution in [0.3, 0.4) is 0 Å². The van der Waals surface area contributed by atoms with Crippen molar-refractivity contribution in [3.63, 3.8) is 0 Å². The number of benzene rings is 3. The van der Waals surface area contributed by atoms with Crippen LogP contribution in [0, 0.1) is 13.8 Å². The van der Waals surface area contributed by atoms with E-state index in [2.05, 4.69) is 10.6 Å². The number of hydrogen-bond donors (Lipinski definition) is 2. The molecule has 5 rings (SSSR count). The molecule has 0 saturated carbocycles. The third-order valence-electron chi connectivity index (χ3n) is 6.68. The van der Waals surface area contributed by atoms with E-state index in [1.54, 1.807) is 6.07 Å². The first-order valence-corrected chi connectivity index (χ1v) is 11.8. The van der Waals surface area contributed by atoms with Crippen molar-refractivity contribution in [2.75, 3.05) is 23.8 Å². The average molecular weight is 456 g/mol. The van der Waals surface area contributed by atoms with Gasteiger partial charge in [0.2, 0.25) is 0 Å². The van der Waals surface area contributed by atoms with Gasteiger partial charge in [0.05, 0.1) is 6.10 Å². The number of rotatable bonds is 6. The first kappa shape index (κ1) is 22.2. The highest BCUT2D eigenvalue weighted by atomic mass is 16.5. The average Bonchev–Trinajstić information content (AvgIpc) is 3.45. The molecular weight excluding hydrogens is 426 g/mol. The fourth-order valence-electron chi connectivity index (χ4n) is 4.65. The van der Waals surface area contributed by atoms with E-state index < -0.39 is 0 Å². The second-order valence-corrected chi connectivity index (χ2v) is 9.06. The Bertz CT molecular complexity index is 1230. The lowest BCUT2D eigenvalue weighted by molar-refractivity contribution is 0.0489. The maximum absolute atomic E-state index is 13.2. The Hall–Kier alpha value is -3.64. The Labute approximate surface area is 199 Å². The fraction of sp³-hybridized carbons (Fsp3) is 0.286. The summed E-state index contributed by atoms with van der Waals surface area (Å²) in [4.78, 5) is 28.0. The lowest BCUT2D eigenvalue weighted by Gasteiger charge is -2.29. The zero-order valence-corrected chi connectivity index (χ0v) is 19.5. The molecule has 2 atom stereocenters. The summed E-state index contributed by atoms with van der Waals surface area (Å²) >= 11 is 0. The van der Waals surface area contributed by atoms with Crippen LogP contribution in [0.4, 0.5) is 11.4 Å². The molecule has 34 heavy (non-hydrogen) atoms. The number of fused-ring (bicyclic) bond motifs is 1. The van der Waals surface area contributed by atoms with Gasteiger partial charge in [0.25, 0.3) is 11.8 Å². The Kier molecular flexibility index (Phi) is 6.07. The normalized spacial score (nSPS) is 19.2. The lowest BCUT2D eigenvalue weighted by Crippen LogP contribution is -2.38. The molecule has 0 bridgehead atoms. The molecule has 0 radical (unpaired) electrons. The van der Waals surface area contributed by atoms with E-state index in [4.69, 9.17) is 4.74 Å². The van der Waals surface area contributed by atoms with Gasteiger partial charge in [0.15, 0.2) is 0 Å². The largest absolute Gasteiger partial charge is 0.376 e. The van der Waals surface area contributed by atoms with Crippen molar-refractivity contribution >= 4 is 23.2 Å². The molecule has 2 amide bonds. The third-order valence-corrected chi connectivity index (χ3v) is 6.68. The molecule has 0 aromatic heterocycles. The quantitative estimate of drug-likeness (QED) is 0.529. The van der Waals surface area contributed by atoms with Gasteiger partial charge in [0, 0.05) is 41.2 Å². The minimum atomic E-state index is -0.314. The first-order chi connectivity index (χ1) is 16.5. The van der Waals surface area contributed by atoms with Crippen molar-refractivity contribution in [1.29, 1.82) is 0 Å². The number of nitrogens with one attached hydrogen (secondary N) is 2. The Morgan fingerprint density at radius 3 is 2.65 bits per heavy atom. The summed E-state index contributed by atoms with van der Waals surface area (Å²) in [7, 11) is 0. The highest BCUT2D eigenvalue weighted by Gasteiger charge is 2.38. The van der Waals surface area contributed by atoms with E-state index in [-0.39, 0.29) is 24.1 Å². The molecule has 2 heterocycles. The zero-order valence-electron chi connectivity index (χ0n) is 19.5. The van der Waals surface area contributed by atoms with Gasteiger partial charge in [-0.25, -0.2) is 0 Å². The maximum Gasteiger partial charge on any atom is 0.256 e. The number of carbonyl (C=O) groups is 2. The van der Waals surface area contributed by atoms with E-state index in [0.29, 0.717) is 17.7 Å². The predicted molar refractivity (Wildman–Crippen MR) is 133 cm³/mol. The van der Waals surface area contributed by atoms with Crippen molar-refractivity contribution < 1.29 is 14.3 Å². The van der Waals surface area contributed by atoms with Crippen LogP contribution >= 0.6 is 0 Å². The van der Waals surface area contributed by atoms with E-state index in [0.717, 1.165) is 42.0 Å². The Morgan fingerprint density at radius 1 is 1.00 bits per heavy atom. The molecule has 0 aliphatic carbocycles. The van der Waals surface area contributed by atoms with Gasteiger partial charge in [-0.3, -0.25) is 9.59 Å². The summed E-state index contributed by atoms with van der Waals surface area (Å²) in [5.74, 6) is -0.168. The fourth-order valence-corrected chi connectivity index (χ4v) is 4.65. The van der Waals surface area contributed by atoms with Crippen LogP contribution in [-0.2, 0) is 4.74 Å². The molecule has 2 aliphatic rings. The van der Waals surface area contributed by atoms with E-state index in [1.807, 2.05) is 79.4 Å². The topological polar surface area (TPSA) is 70.7 Å². The summed E-state index contributed by atoms with van der Waals surface area (Å²) in [5.41, 5.74) is 6.06. The van der Waals surface area contributed by atoms with Crippen molar-refractivity contribution in [2.45, 2.75) is 39.0 Å². The van der Waals surface area contributed by atoms with E-state index in [9.17, 15) is 9.59 Å². The molecule has 6 nitrogen and oxygen atoms in total. The molecule has 2 aliphatic heterocycles. The lowest BCUT2D eigenvalue weighted by atomic mass is 10.1. The van der Waals surface area contributed by atoms with Gasteiger partial charge in [-0.2, -0.15) is 0 Å². The van der Waals surface area contributed by atoms with Gasteiger partial charge in [-0.15, -0.1) is 0 Å². The zero-order chi connectivity index (χ0) is 23.7.